The number of halogens is 6. The van der Waals surface area contributed by atoms with E-state index < -0.39 is 41.8 Å². The van der Waals surface area contributed by atoms with E-state index in [1.165, 1.54) is 12.1 Å². The summed E-state index contributed by atoms with van der Waals surface area (Å²) in [5.41, 5.74) is 3.17. The monoisotopic (exact) mass is 769 g/mol. The molecule has 1 aromatic heterocycles. The van der Waals surface area contributed by atoms with Crippen LogP contribution in [-0.4, -0.2) is 52.1 Å². The Morgan fingerprint density at radius 2 is 1.52 bits per heavy atom. The van der Waals surface area contributed by atoms with Gasteiger partial charge in [-0.2, -0.15) is 0 Å². The summed E-state index contributed by atoms with van der Waals surface area (Å²) in [6, 6.07) is 19.6. The van der Waals surface area contributed by atoms with E-state index >= 15 is 0 Å². The quantitative estimate of drug-likeness (QED) is 0.0922. The first-order valence-electron chi connectivity index (χ1n) is 13.8. The predicted octanol–water partition coefficient (Wildman–Crippen LogP) is 7.30. The average molecular weight is 767 g/mol. The molecule has 0 saturated heterocycles. The Bertz CT molecular complexity index is 1850. The molecule has 0 spiro atoms. The number of aliphatic carboxylic acids is 1. The molecule has 12 heteroatoms. The second kappa shape index (κ2) is 13.9. The van der Waals surface area contributed by atoms with Crippen LogP contribution < -0.4 is 9.20 Å². The van der Waals surface area contributed by atoms with Crippen molar-refractivity contribution in [2.75, 3.05) is 6.61 Å². The third-order valence-electron chi connectivity index (χ3n) is 7.05. The molecule has 4 aromatic carbocycles. The summed E-state index contributed by atoms with van der Waals surface area (Å²) in [5.74, 6) is -4.68. The van der Waals surface area contributed by atoms with Gasteiger partial charge >= 0.3 is 274 Å². The molecule has 0 saturated carbocycles. The summed E-state index contributed by atoms with van der Waals surface area (Å²) in [4.78, 5) is 15.7. The van der Waals surface area contributed by atoms with E-state index in [4.69, 9.17) is 14.8 Å². The molecule has 46 heavy (non-hydrogen) atoms. The Labute approximate surface area is 273 Å². The molecule has 1 N–H and O–H groups in total. The van der Waals surface area contributed by atoms with Crippen LogP contribution in [-0.2, 0) is 17.4 Å². The zero-order valence-corrected chi connectivity index (χ0v) is 27.7. The summed E-state index contributed by atoms with van der Waals surface area (Å²) in [6.45, 7) is 3.27. The van der Waals surface area contributed by atoms with E-state index in [1.54, 1.807) is 18.2 Å². The van der Waals surface area contributed by atoms with Gasteiger partial charge in [0.15, 0.2) is 0 Å². The molecule has 0 aliphatic carbocycles. The second-order valence-corrected chi connectivity index (χ2v) is 15.3. The van der Waals surface area contributed by atoms with E-state index in [9.17, 15) is 31.1 Å². The SMILES string of the molecule is Cc1cc([Se]C(Cc2ccc(-c3cc(F)c(F)c(F)c3)cc2)c2[se]c(-c3ccc(C(F)(F)F)cc3)nc2C)ccc1OCC(=O)O. The van der Waals surface area contributed by atoms with Crippen LogP contribution in [0.4, 0.5) is 26.3 Å². The number of alkyl halides is 3. The summed E-state index contributed by atoms with van der Waals surface area (Å²) in [5, 5.41) is 8.96. The van der Waals surface area contributed by atoms with Crippen LogP contribution in [0.15, 0.2) is 78.9 Å². The molecular weight excluding hydrogens is 742 g/mol. The number of aromatic nitrogens is 1. The van der Waals surface area contributed by atoms with Gasteiger partial charge in [0, 0.05) is 0 Å². The summed E-state index contributed by atoms with van der Waals surface area (Å²) < 4.78 is 88.8. The minimum absolute atomic E-state index is 0.0000497. The van der Waals surface area contributed by atoms with Gasteiger partial charge in [-0.3, -0.25) is 0 Å². The molecule has 0 aliphatic rings. The third kappa shape index (κ3) is 7.93. The minimum atomic E-state index is -4.44. The van der Waals surface area contributed by atoms with Crippen LogP contribution in [0.3, 0.4) is 0 Å². The number of hydrogen-bond donors (Lipinski definition) is 1. The zero-order chi connectivity index (χ0) is 33.2. The van der Waals surface area contributed by atoms with Gasteiger partial charge < -0.3 is 0 Å². The molecule has 4 nitrogen and oxygen atoms in total. The molecular formula is C34H25F6NO3Se2. The van der Waals surface area contributed by atoms with Crippen molar-refractivity contribution in [1.29, 1.82) is 0 Å². The van der Waals surface area contributed by atoms with Gasteiger partial charge in [0.25, 0.3) is 0 Å². The number of rotatable bonds is 10. The Kier molecular flexibility index (Phi) is 10.1. The number of carbonyl (C=O) groups is 1. The second-order valence-electron chi connectivity index (χ2n) is 10.4. The Morgan fingerprint density at radius 3 is 2.11 bits per heavy atom. The maximum atomic E-state index is 13.8. The molecule has 5 rings (SSSR count). The van der Waals surface area contributed by atoms with Gasteiger partial charge in [-0.25, -0.2) is 0 Å². The standard InChI is InChI=1S/C34H25F6NO3Se2/c1-18-13-25(11-12-28(18)44-17-30(42)43)45-29(14-20-3-5-21(6-4-20)23-15-26(35)31(37)27(36)16-23)32-19(2)41-33(46-32)22-7-9-24(10-8-22)34(38,39)40/h3-13,15-16,29H,14,17H2,1-2H3,(H,42,43). The van der Waals surface area contributed by atoms with Crippen LogP contribution >= 0.6 is 0 Å². The number of carboxylic acid groups (broad SMARTS) is 1. The maximum absolute atomic E-state index is 13.8. The van der Waals surface area contributed by atoms with Gasteiger partial charge in [-0.15, -0.1) is 0 Å². The van der Waals surface area contributed by atoms with E-state index in [-0.39, 0.29) is 39.8 Å². The number of carboxylic acids is 1. The van der Waals surface area contributed by atoms with Crippen LogP contribution in [0.2, 0.25) is 0 Å². The van der Waals surface area contributed by atoms with Crippen LogP contribution in [0.1, 0.15) is 31.6 Å². The average Bonchev–Trinajstić information content (AvgIpc) is 3.40. The molecule has 0 fully saturated rings. The number of benzene rings is 4. The molecule has 1 atom stereocenters. The van der Waals surface area contributed by atoms with Crippen LogP contribution in [0, 0.1) is 31.3 Å². The van der Waals surface area contributed by atoms with Gasteiger partial charge in [-0.05, 0) is 0 Å². The fraction of sp³-hybridized carbons (Fsp3) is 0.176. The number of aryl methyl sites for hydroxylation is 2. The Morgan fingerprint density at radius 1 is 0.891 bits per heavy atom. The first-order valence-corrected chi connectivity index (χ1v) is 17.3. The van der Waals surface area contributed by atoms with Gasteiger partial charge in [-0.1, -0.05) is 0 Å². The molecule has 0 aliphatic heterocycles. The summed E-state index contributed by atoms with van der Waals surface area (Å²) in [7, 11) is 0. The Balaban J connectivity index is 1.46. The van der Waals surface area contributed by atoms with Crippen LogP contribution in [0.5, 0.6) is 5.75 Å². The summed E-state index contributed by atoms with van der Waals surface area (Å²) in [6.07, 6.45) is -3.85. The van der Waals surface area contributed by atoms with Crippen molar-refractivity contribution in [2.24, 2.45) is 0 Å². The fourth-order valence-corrected chi connectivity index (χ4v) is 10.7. The molecule has 1 heterocycles. The van der Waals surface area contributed by atoms with Crippen molar-refractivity contribution in [1.82, 2.24) is 4.98 Å². The predicted molar refractivity (Wildman–Crippen MR) is 164 cm³/mol. The summed E-state index contributed by atoms with van der Waals surface area (Å²) >= 11 is -0.416. The zero-order valence-electron chi connectivity index (χ0n) is 24.3. The normalized spacial score (nSPS) is 12.3. The van der Waals surface area contributed by atoms with E-state index in [1.807, 2.05) is 38.1 Å². The first kappa shape index (κ1) is 33.5. The number of ether oxygens (including phenoxy) is 1. The topological polar surface area (TPSA) is 59.4 Å². The number of hydrogen-bond acceptors (Lipinski definition) is 3. The molecule has 0 radical (unpaired) electrons. The molecule has 238 valence electrons. The van der Waals surface area contributed by atoms with Crippen molar-refractivity contribution in [3.8, 4) is 27.0 Å². The van der Waals surface area contributed by atoms with E-state index in [0.29, 0.717) is 23.3 Å². The number of nitrogens with zero attached hydrogens (tertiary/aromatic N) is 1. The van der Waals surface area contributed by atoms with Crippen molar-refractivity contribution in [3.63, 3.8) is 0 Å². The van der Waals surface area contributed by atoms with Gasteiger partial charge in [0.05, 0.1) is 0 Å². The van der Waals surface area contributed by atoms with Crippen molar-refractivity contribution >= 4 is 39.9 Å². The third-order valence-corrected chi connectivity index (χ3v) is 13.1. The van der Waals surface area contributed by atoms with Gasteiger partial charge in [0.1, 0.15) is 0 Å². The van der Waals surface area contributed by atoms with Gasteiger partial charge in [0.2, 0.25) is 0 Å². The van der Waals surface area contributed by atoms with Crippen molar-refractivity contribution < 1.29 is 41.0 Å². The van der Waals surface area contributed by atoms with Crippen molar-refractivity contribution in [3.05, 3.63) is 123 Å². The van der Waals surface area contributed by atoms with E-state index in [0.717, 1.165) is 54.6 Å². The Hall–Kier alpha value is -3.82. The van der Waals surface area contributed by atoms with Crippen molar-refractivity contribution in [2.45, 2.75) is 31.3 Å². The molecule has 1 unspecified atom stereocenters. The first-order chi connectivity index (χ1) is 21.8. The molecule has 0 amide bonds. The van der Waals surface area contributed by atoms with Crippen LogP contribution in [0.25, 0.3) is 21.3 Å². The fourth-order valence-electron chi connectivity index (χ4n) is 4.75. The van der Waals surface area contributed by atoms with E-state index in [2.05, 4.69) is 0 Å². The molecule has 5 aromatic rings. The molecule has 0 bridgehead atoms.